The maximum atomic E-state index is 5.86. The molecule has 0 aliphatic carbocycles. The van der Waals surface area contributed by atoms with Crippen LogP contribution >= 0.6 is 11.6 Å². The zero-order valence-corrected chi connectivity index (χ0v) is 11.0. The number of nitrogens with two attached hydrogens (primary N) is 1. The van der Waals surface area contributed by atoms with E-state index >= 15 is 0 Å². The fourth-order valence-corrected chi connectivity index (χ4v) is 1.74. The van der Waals surface area contributed by atoms with Crippen molar-refractivity contribution in [2.24, 2.45) is 11.3 Å². The SMILES string of the molecule is CC(C)(C)CCC(NN)c1ccc(Cl)cc1. The van der Waals surface area contributed by atoms with E-state index in [2.05, 4.69) is 26.2 Å². The lowest BCUT2D eigenvalue weighted by Crippen LogP contribution is -2.28. The lowest BCUT2D eigenvalue weighted by Gasteiger charge is -2.23. The Hall–Kier alpha value is -0.570. The second-order valence-corrected chi connectivity index (χ2v) is 5.81. The summed E-state index contributed by atoms with van der Waals surface area (Å²) >= 11 is 5.86. The fraction of sp³-hybridized carbons (Fsp3) is 0.538. The molecule has 0 saturated heterocycles. The van der Waals surface area contributed by atoms with Crippen molar-refractivity contribution >= 4 is 11.6 Å². The summed E-state index contributed by atoms with van der Waals surface area (Å²) in [5.74, 6) is 5.59. The van der Waals surface area contributed by atoms with Gasteiger partial charge in [0.05, 0.1) is 0 Å². The van der Waals surface area contributed by atoms with Crippen molar-refractivity contribution in [2.45, 2.75) is 39.7 Å². The largest absolute Gasteiger partial charge is 0.271 e. The quantitative estimate of drug-likeness (QED) is 0.623. The summed E-state index contributed by atoms with van der Waals surface area (Å²) < 4.78 is 0. The van der Waals surface area contributed by atoms with Gasteiger partial charge in [0, 0.05) is 11.1 Å². The number of hydrazine groups is 1. The highest BCUT2D eigenvalue weighted by atomic mass is 35.5. The molecule has 0 spiro atoms. The van der Waals surface area contributed by atoms with Gasteiger partial charge in [-0.1, -0.05) is 44.5 Å². The van der Waals surface area contributed by atoms with E-state index in [0.717, 1.165) is 17.9 Å². The van der Waals surface area contributed by atoms with E-state index in [1.54, 1.807) is 0 Å². The van der Waals surface area contributed by atoms with E-state index in [0.29, 0.717) is 5.41 Å². The Bertz CT molecular complexity index is 314. The summed E-state index contributed by atoms with van der Waals surface area (Å²) in [4.78, 5) is 0. The van der Waals surface area contributed by atoms with Crippen molar-refractivity contribution in [3.8, 4) is 0 Å². The van der Waals surface area contributed by atoms with E-state index in [-0.39, 0.29) is 6.04 Å². The van der Waals surface area contributed by atoms with Gasteiger partial charge < -0.3 is 0 Å². The first-order valence-electron chi connectivity index (χ1n) is 5.64. The molecule has 2 nitrogen and oxygen atoms in total. The first-order valence-corrected chi connectivity index (χ1v) is 6.02. The van der Waals surface area contributed by atoms with Gasteiger partial charge in [-0.15, -0.1) is 0 Å². The smallest absolute Gasteiger partial charge is 0.0460 e. The topological polar surface area (TPSA) is 38.0 Å². The normalized spacial score (nSPS) is 13.8. The molecule has 0 heterocycles. The van der Waals surface area contributed by atoms with Gasteiger partial charge >= 0.3 is 0 Å². The minimum Gasteiger partial charge on any atom is -0.271 e. The zero-order chi connectivity index (χ0) is 12.2. The van der Waals surface area contributed by atoms with E-state index in [1.807, 2.05) is 24.3 Å². The van der Waals surface area contributed by atoms with Crippen LogP contribution in [0.25, 0.3) is 0 Å². The Labute approximate surface area is 103 Å². The molecular weight excluding hydrogens is 220 g/mol. The Morgan fingerprint density at radius 2 is 1.81 bits per heavy atom. The average Bonchev–Trinajstić information content (AvgIpc) is 2.20. The first-order chi connectivity index (χ1) is 7.42. The molecule has 1 aromatic rings. The van der Waals surface area contributed by atoms with Gasteiger partial charge in [0.1, 0.15) is 0 Å². The van der Waals surface area contributed by atoms with E-state index in [9.17, 15) is 0 Å². The van der Waals surface area contributed by atoms with Gasteiger partial charge in [-0.25, -0.2) is 0 Å². The van der Waals surface area contributed by atoms with E-state index < -0.39 is 0 Å². The van der Waals surface area contributed by atoms with Crippen LogP contribution in [0.4, 0.5) is 0 Å². The molecule has 0 fully saturated rings. The summed E-state index contributed by atoms with van der Waals surface area (Å²) in [5, 5.41) is 0.760. The molecule has 1 rings (SSSR count). The first kappa shape index (κ1) is 13.5. The number of rotatable bonds is 4. The highest BCUT2D eigenvalue weighted by molar-refractivity contribution is 6.30. The summed E-state index contributed by atoms with van der Waals surface area (Å²) in [6, 6.07) is 8.05. The molecular formula is C13H21ClN2. The molecule has 0 amide bonds. The van der Waals surface area contributed by atoms with Crippen LogP contribution in [-0.2, 0) is 0 Å². The van der Waals surface area contributed by atoms with Crippen LogP contribution < -0.4 is 11.3 Å². The lowest BCUT2D eigenvalue weighted by atomic mass is 9.87. The van der Waals surface area contributed by atoms with Gasteiger partial charge in [-0.05, 0) is 36.0 Å². The number of halogens is 1. The molecule has 0 aliphatic rings. The number of hydrogen-bond acceptors (Lipinski definition) is 2. The highest BCUT2D eigenvalue weighted by Crippen LogP contribution is 2.27. The summed E-state index contributed by atoms with van der Waals surface area (Å²) in [6.45, 7) is 6.72. The molecule has 1 unspecified atom stereocenters. The van der Waals surface area contributed by atoms with Crippen molar-refractivity contribution in [2.75, 3.05) is 0 Å². The molecule has 1 atom stereocenters. The van der Waals surface area contributed by atoms with Crippen LogP contribution in [0.3, 0.4) is 0 Å². The summed E-state index contributed by atoms with van der Waals surface area (Å²) in [5.41, 5.74) is 4.39. The Morgan fingerprint density at radius 1 is 1.25 bits per heavy atom. The third-order valence-corrected chi connectivity index (χ3v) is 2.91. The molecule has 0 aliphatic heterocycles. The standard InChI is InChI=1S/C13H21ClN2/c1-13(2,3)9-8-12(16-15)10-4-6-11(14)7-5-10/h4-7,12,16H,8-9,15H2,1-3H3. The van der Waals surface area contributed by atoms with Crippen LogP contribution in [0.5, 0.6) is 0 Å². The number of nitrogens with one attached hydrogen (secondary N) is 1. The third-order valence-electron chi connectivity index (χ3n) is 2.66. The molecule has 0 bridgehead atoms. The Kier molecular flexibility index (Phi) is 4.78. The van der Waals surface area contributed by atoms with Gasteiger partial charge in [0.2, 0.25) is 0 Å². The van der Waals surface area contributed by atoms with Crippen LogP contribution in [-0.4, -0.2) is 0 Å². The van der Waals surface area contributed by atoms with Gasteiger partial charge in [0.25, 0.3) is 0 Å². The molecule has 0 radical (unpaired) electrons. The molecule has 16 heavy (non-hydrogen) atoms. The average molecular weight is 241 g/mol. The monoisotopic (exact) mass is 240 g/mol. The zero-order valence-electron chi connectivity index (χ0n) is 10.3. The molecule has 90 valence electrons. The second-order valence-electron chi connectivity index (χ2n) is 5.37. The van der Waals surface area contributed by atoms with Gasteiger partial charge in [-0.3, -0.25) is 11.3 Å². The fourth-order valence-electron chi connectivity index (χ4n) is 1.62. The van der Waals surface area contributed by atoms with Crippen LogP contribution in [0.15, 0.2) is 24.3 Å². The number of hydrogen-bond donors (Lipinski definition) is 2. The highest BCUT2D eigenvalue weighted by Gasteiger charge is 2.15. The van der Waals surface area contributed by atoms with Crippen molar-refractivity contribution < 1.29 is 0 Å². The van der Waals surface area contributed by atoms with E-state index in [1.165, 1.54) is 5.56 Å². The lowest BCUT2D eigenvalue weighted by molar-refractivity contribution is 0.333. The van der Waals surface area contributed by atoms with Crippen molar-refractivity contribution in [3.63, 3.8) is 0 Å². The molecule has 3 N–H and O–H groups in total. The predicted molar refractivity (Wildman–Crippen MR) is 70.2 cm³/mol. The maximum Gasteiger partial charge on any atom is 0.0460 e. The van der Waals surface area contributed by atoms with Gasteiger partial charge in [0.15, 0.2) is 0 Å². The van der Waals surface area contributed by atoms with Crippen LogP contribution in [0.2, 0.25) is 5.02 Å². The van der Waals surface area contributed by atoms with Crippen LogP contribution in [0.1, 0.15) is 45.2 Å². The molecule has 0 aromatic heterocycles. The predicted octanol–water partition coefficient (Wildman–Crippen LogP) is 3.67. The van der Waals surface area contributed by atoms with Crippen molar-refractivity contribution in [1.82, 2.24) is 5.43 Å². The minimum atomic E-state index is 0.205. The van der Waals surface area contributed by atoms with Crippen molar-refractivity contribution in [1.29, 1.82) is 0 Å². The molecule has 3 heteroatoms. The molecule has 1 aromatic carbocycles. The van der Waals surface area contributed by atoms with Crippen LogP contribution in [0, 0.1) is 5.41 Å². The summed E-state index contributed by atoms with van der Waals surface area (Å²) in [6.07, 6.45) is 2.16. The Balaban J connectivity index is 2.64. The van der Waals surface area contributed by atoms with E-state index in [4.69, 9.17) is 17.4 Å². The third kappa shape index (κ3) is 4.52. The molecule has 0 saturated carbocycles. The minimum absolute atomic E-state index is 0.205. The Morgan fingerprint density at radius 3 is 2.25 bits per heavy atom. The summed E-state index contributed by atoms with van der Waals surface area (Å²) in [7, 11) is 0. The number of benzene rings is 1. The maximum absolute atomic E-state index is 5.86. The van der Waals surface area contributed by atoms with Crippen molar-refractivity contribution in [3.05, 3.63) is 34.9 Å². The second kappa shape index (κ2) is 5.67. The van der Waals surface area contributed by atoms with Gasteiger partial charge in [-0.2, -0.15) is 0 Å².